The van der Waals surface area contributed by atoms with Gasteiger partial charge in [-0.25, -0.2) is 14.8 Å². The first-order valence-corrected chi connectivity index (χ1v) is 12.3. The molecule has 0 spiro atoms. The minimum absolute atomic E-state index is 0.0754. The number of aromatic nitrogens is 2. The summed E-state index contributed by atoms with van der Waals surface area (Å²) in [5.74, 6) is 3.87. The smallest absolute Gasteiger partial charge is 0.328 e. The van der Waals surface area contributed by atoms with E-state index in [0.717, 1.165) is 55.5 Å². The zero-order valence-corrected chi connectivity index (χ0v) is 19.5. The number of thioether (sulfide) groups is 1. The van der Waals surface area contributed by atoms with Gasteiger partial charge in [-0.15, -0.1) is 0 Å². The van der Waals surface area contributed by atoms with Gasteiger partial charge in [-0.2, -0.15) is 11.8 Å². The van der Waals surface area contributed by atoms with Crippen LogP contribution >= 0.6 is 11.8 Å². The monoisotopic (exact) mass is 443 g/mol. The molecule has 31 heavy (non-hydrogen) atoms. The number of hydrogen-bond donors (Lipinski definition) is 1. The van der Waals surface area contributed by atoms with Gasteiger partial charge in [-0.05, 0) is 30.2 Å². The molecule has 3 heterocycles. The average molecular weight is 444 g/mol. The third-order valence-electron chi connectivity index (χ3n) is 6.26. The van der Waals surface area contributed by atoms with Crippen molar-refractivity contribution >= 4 is 34.5 Å². The van der Waals surface area contributed by atoms with E-state index in [1.807, 2.05) is 38.1 Å². The summed E-state index contributed by atoms with van der Waals surface area (Å²) in [6, 6.07) is 8.26. The average Bonchev–Trinajstić information content (AvgIpc) is 3.32. The first-order valence-electron chi connectivity index (χ1n) is 11.2. The van der Waals surface area contributed by atoms with E-state index in [1.54, 1.807) is 0 Å². The Morgan fingerprint density at radius 1 is 1.23 bits per heavy atom. The van der Waals surface area contributed by atoms with Gasteiger partial charge >= 0.3 is 5.97 Å². The van der Waals surface area contributed by atoms with Crippen molar-refractivity contribution in [2.45, 2.75) is 38.9 Å². The maximum Gasteiger partial charge on any atom is 0.328 e. The Hall–Kier alpha value is -1.90. The van der Waals surface area contributed by atoms with Crippen molar-refractivity contribution in [1.82, 2.24) is 19.8 Å². The molecule has 8 heteroatoms. The lowest BCUT2D eigenvalue weighted by atomic mass is 10.0. The normalized spacial score (nSPS) is 21.5. The fraction of sp³-hybridized carbons (Fsp3) is 0.609. The summed E-state index contributed by atoms with van der Waals surface area (Å²) in [5, 5.41) is 4.26. The topological polar surface area (TPSA) is 70.6 Å². The number of nitrogens with zero attached hydrogens (tertiary/aromatic N) is 4. The van der Waals surface area contributed by atoms with Crippen LogP contribution in [-0.4, -0.2) is 82.6 Å². The number of carbonyl (C=O) groups excluding carboxylic acids is 1. The van der Waals surface area contributed by atoms with Crippen molar-refractivity contribution in [3.63, 3.8) is 0 Å². The van der Waals surface area contributed by atoms with Crippen LogP contribution in [0.1, 0.15) is 26.1 Å². The molecular weight excluding hydrogens is 410 g/mol. The Labute approximate surface area is 188 Å². The highest BCUT2D eigenvalue weighted by molar-refractivity contribution is 7.99. The van der Waals surface area contributed by atoms with Gasteiger partial charge in [-0.3, -0.25) is 9.80 Å². The van der Waals surface area contributed by atoms with Crippen molar-refractivity contribution in [3.05, 3.63) is 30.1 Å². The van der Waals surface area contributed by atoms with Crippen molar-refractivity contribution < 1.29 is 9.53 Å². The van der Waals surface area contributed by atoms with Crippen molar-refractivity contribution in [2.24, 2.45) is 5.92 Å². The highest BCUT2D eigenvalue weighted by Gasteiger charge is 2.27. The van der Waals surface area contributed by atoms with Gasteiger partial charge < -0.3 is 10.1 Å². The molecule has 0 radical (unpaired) electrons. The van der Waals surface area contributed by atoms with Crippen molar-refractivity contribution in [2.75, 3.05) is 50.1 Å². The van der Waals surface area contributed by atoms with E-state index >= 15 is 0 Å². The van der Waals surface area contributed by atoms with Crippen molar-refractivity contribution in [1.29, 1.82) is 0 Å². The van der Waals surface area contributed by atoms with Gasteiger partial charge in [0.1, 0.15) is 17.7 Å². The summed E-state index contributed by atoms with van der Waals surface area (Å²) in [6.07, 6.45) is 1.32. The molecule has 1 aromatic heterocycles. The number of methoxy groups -OCH3 is 1. The molecule has 0 amide bonds. The lowest BCUT2D eigenvalue weighted by Crippen LogP contribution is -2.50. The van der Waals surface area contributed by atoms with Gasteiger partial charge in [0, 0.05) is 43.4 Å². The Kier molecular flexibility index (Phi) is 7.30. The molecule has 2 atom stereocenters. The minimum atomic E-state index is -0.455. The van der Waals surface area contributed by atoms with Gasteiger partial charge in [0.25, 0.3) is 0 Å². The highest BCUT2D eigenvalue weighted by Crippen LogP contribution is 2.25. The molecule has 1 unspecified atom stereocenters. The summed E-state index contributed by atoms with van der Waals surface area (Å²) in [4.78, 5) is 27.0. The largest absolute Gasteiger partial charge is 0.467 e. The second-order valence-electron chi connectivity index (χ2n) is 8.72. The van der Waals surface area contributed by atoms with E-state index in [1.165, 1.54) is 25.0 Å². The van der Waals surface area contributed by atoms with E-state index in [0.29, 0.717) is 5.82 Å². The number of para-hydroxylation sites is 1. The predicted octanol–water partition coefficient (Wildman–Crippen LogP) is 2.86. The number of rotatable bonds is 7. The SMILES string of the molecule is COC(=O)[C@@H](Nc1nc(CN2CCN(C3CCSC3)CC2)nc2ccccc12)C(C)C. The molecule has 168 valence electrons. The molecular formula is C23H33N5O2S. The Balaban J connectivity index is 1.50. The van der Waals surface area contributed by atoms with Gasteiger partial charge in [0.2, 0.25) is 0 Å². The van der Waals surface area contributed by atoms with E-state index < -0.39 is 6.04 Å². The van der Waals surface area contributed by atoms with Crippen LogP contribution in [0.3, 0.4) is 0 Å². The van der Waals surface area contributed by atoms with E-state index in [2.05, 4.69) is 26.9 Å². The minimum Gasteiger partial charge on any atom is -0.467 e. The summed E-state index contributed by atoms with van der Waals surface area (Å²) in [7, 11) is 1.42. The number of piperazine rings is 1. The van der Waals surface area contributed by atoms with E-state index in [4.69, 9.17) is 14.7 Å². The predicted molar refractivity (Wildman–Crippen MR) is 126 cm³/mol. The summed E-state index contributed by atoms with van der Waals surface area (Å²) < 4.78 is 5.00. The number of nitrogens with one attached hydrogen (secondary N) is 1. The second kappa shape index (κ2) is 10.1. The third kappa shape index (κ3) is 5.30. The van der Waals surface area contributed by atoms with Crippen LogP contribution in [0, 0.1) is 5.92 Å². The van der Waals surface area contributed by atoms with Crippen LogP contribution in [0.2, 0.25) is 0 Å². The van der Waals surface area contributed by atoms with Gasteiger partial charge in [-0.1, -0.05) is 26.0 Å². The number of anilines is 1. The molecule has 0 saturated carbocycles. The number of benzene rings is 1. The Bertz CT molecular complexity index is 895. The van der Waals surface area contributed by atoms with Gasteiger partial charge in [0.05, 0.1) is 19.2 Å². The molecule has 4 rings (SSSR count). The highest BCUT2D eigenvalue weighted by atomic mass is 32.2. The number of hydrogen-bond acceptors (Lipinski definition) is 8. The number of carbonyl (C=O) groups is 1. The molecule has 1 aromatic carbocycles. The number of fused-ring (bicyclic) bond motifs is 1. The molecule has 2 aromatic rings. The quantitative estimate of drug-likeness (QED) is 0.655. The molecule has 0 aliphatic carbocycles. The first-order chi connectivity index (χ1) is 15.0. The maximum absolute atomic E-state index is 12.3. The molecule has 7 nitrogen and oxygen atoms in total. The molecule has 2 aliphatic rings. The molecule has 2 fully saturated rings. The molecule has 2 aliphatic heterocycles. The van der Waals surface area contributed by atoms with E-state index in [-0.39, 0.29) is 11.9 Å². The fourth-order valence-corrected chi connectivity index (χ4v) is 5.63. The molecule has 1 N–H and O–H groups in total. The van der Waals surface area contributed by atoms with Crippen LogP contribution in [0.15, 0.2) is 24.3 Å². The number of esters is 1. The Morgan fingerprint density at radius 3 is 2.68 bits per heavy atom. The third-order valence-corrected chi connectivity index (χ3v) is 7.40. The molecule has 2 saturated heterocycles. The van der Waals surface area contributed by atoms with Crippen LogP contribution in [0.4, 0.5) is 5.82 Å². The first kappa shape index (κ1) is 22.3. The van der Waals surface area contributed by atoms with Crippen molar-refractivity contribution in [3.8, 4) is 0 Å². The zero-order valence-electron chi connectivity index (χ0n) is 18.7. The maximum atomic E-state index is 12.3. The summed E-state index contributed by atoms with van der Waals surface area (Å²) in [6.45, 7) is 9.02. The molecule has 0 bridgehead atoms. The van der Waals surface area contributed by atoms with Crippen LogP contribution in [-0.2, 0) is 16.1 Å². The zero-order chi connectivity index (χ0) is 21.8. The standard InChI is InChI=1S/C23H33N5O2S/c1-16(2)21(23(29)30-3)26-22-18-6-4-5-7-19(18)24-20(25-22)14-27-9-11-28(12-10-27)17-8-13-31-15-17/h4-7,16-17,21H,8-15H2,1-3H3,(H,24,25,26)/t17?,21-/m0/s1. The van der Waals surface area contributed by atoms with Gasteiger partial charge in [0.15, 0.2) is 0 Å². The lowest BCUT2D eigenvalue weighted by Gasteiger charge is -2.37. The Morgan fingerprint density at radius 2 is 2.00 bits per heavy atom. The second-order valence-corrected chi connectivity index (χ2v) is 9.87. The summed E-state index contributed by atoms with van der Waals surface area (Å²) in [5.41, 5.74) is 0.893. The fourth-order valence-electron chi connectivity index (χ4n) is 4.37. The van der Waals surface area contributed by atoms with Crippen LogP contribution in [0.5, 0.6) is 0 Å². The van der Waals surface area contributed by atoms with Crippen LogP contribution < -0.4 is 5.32 Å². The van der Waals surface area contributed by atoms with E-state index in [9.17, 15) is 4.79 Å². The van der Waals surface area contributed by atoms with Crippen LogP contribution in [0.25, 0.3) is 10.9 Å². The number of ether oxygens (including phenoxy) is 1. The summed E-state index contributed by atoms with van der Waals surface area (Å²) >= 11 is 2.08. The lowest BCUT2D eigenvalue weighted by molar-refractivity contribution is -0.142.